The molecule has 0 spiro atoms. The van der Waals surface area contributed by atoms with Gasteiger partial charge in [0, 0.05) is 24.9 Å². The first-order valence-corrected chi connectivity index (χ1v) is 14.2. The second kappa shape index (κ2) is 11.9. The van der Waals surface area contributed by atoms with Gasteiger partial charge in [0.25, 0.3) is 0 Å². The van der Waals surface area contributed by atoms with E-state index in [0.717, 1.165) is 17.7 Å². The van der Waals surface area contributed by atoms with Crippen LogP contribution in [0.1, 0.15) is 38.3 Å². The van der Waals surface area contributed by atoms with Crippen molar-refractivity contribution in [2.24, 2.45) is 0 Å². The van der Waals surface area contributed by atoms with Crippen molar-refractivity contribution in [3.63, 3.8) is 0 Å². The maximum atomic E-state index is 12.7. The Morgan fingerprint density at radius 2 is 1.53 bits per heavy atom. The number of carbonyl (C=O) groups excluding carboxylic acids is 1. The smallest absolute Gasteiger partial charge is 0.248 e. The van der Waals surface area contributed by atoms with Crippen LogP contribution in [0.15, 0.2) is 83.8 Å². The Kier molecular flexibility index (Phi) is 8.66. The SMILES string of the molecule is CCC(C)(C)c1ccc(Oc2ccc(NC(=O)/C=C/c3ccc(S(=O)(=O)N4CCOCC4)cc3)cc2)cc1. The summed E-state index contributed by atoms with van der Waals surface area (Å²) in [5.41, 5.74) is 2.75. The minimum Gasteiger partial charge on any atom is -0.457 e. The molecule has 38 heavy (non-hydrogen) atoms. The third-order valence-corrected chi connectivity index (χ3v) is 8.71. The average Bonchev–Trinajstić information content (AvgIpc) is 2.94. The van der Waals surface area contributed by atoms with E-state index in [-0.39, 0.29) is 16.2 Å². The van der Waals surface area contributed by atoms with Gasteiger partial charge < -0.3 is 14.8 Å². The highest BCUT2D eigenvalue weighted by Crippen LogP contribution is 2.30. The number of anilines is 1. The number of hydrogen-bond donors (Lipinski definition) is 1. The van der Waals surface area contributed by atoms with E-state index in [1.165, 1.54) is 15.9 Å². The van der Waals surface area contributed by atoms with E-state index in [2.05, 4.69) is 38.2 Å². The van der Waals surface area contributed by atoms with Crippen LogP contribution in [0.25, 0.3) is 6.08 Å². The third-order valence-electron chi connectivity index (χ3n) is 6.79. The Morgan fingerprint density at radius 1 is 0.947 bits per heavy atom. The summed E-state index contributed by atoms with van der Waals surface area (Å²) in [7, 11) is -3.54. The molecule has 0 unspecified atom stereocenters. The van der Waals surface area contributed by atoms with E-state index in [1.54, 1.807) is 54.6 Å². The molecule has 0 aromatic heterocycles. The Hall–Kier alpha value is -3.46. The number of carbonyl (C=O) groups is 1. The van der Waals surface area contributed by atoms with Gasteiger partial charge in [-0.3, -0.25) is 4.79 Å². The molecule has 1 aliphatic rings. The molecule has 8 heteroatoms. The lowest BCUT2D eigenvalue weighted by Crippen LogP contribution is -2.40. The van der Waals surface area contributed by atoms with E-state index in [4.69, 9.17) is 9.47 Å². The van der Waals surface area contributed by atoms with E-state index in [1.807, 2.05) is 12.1 Å². The second-order valence-corrected chi connectivity index (χ2v) is 11.7. The van der Waals surface area contributed by atoms with Crippen LogP contribution in [0.3, 0.4) is 0 Å². The summed E-state index contributed by atoms with van der Waals surface area (Å²) in [5.74, 6) is 1.13. The van der Waals surface area contributed by atoms with Gasteiger partial charge >= 0.3 is 0 Å². The fourth-order valence-electron chi connectivity index (χ4n) is 3.96. The first-order valence-electron chi connectivity index (χ1n) is 12.7. The minimum atomic E-state index is -3.54. The van der Waals surface area contributed by atoms with Crippen LogP contribution in [0, 0.1) is 0 Å². The topological polar surface area (TPSA) is 84.9 Å². The molecule has 0 atom stereocenters. The number of hydrogen-bond acceptors (Lipinski definition) is 5. The standard InChI is InChI=1S/C30H34N2O5S/c1-4-30(2,3)24-8-12-26(13-9-24)37-27-14-10-25(11-15-27)31-29(33)18-7-23-5-16-28(17-6-23)38(34,35)32-19-21-36-22-20-32/h5-18H,4,19-22H2,1-3H3,(H,31,33)/b18-7+. The summed E-state index contributed by atoms with van der Waals surface area (Å²) < 4.78 is 38.1. The van der Waals surface area contributed by atoms with E-state index < -0.39 is 10.0 Å². The zero-order chi connectivity index (χ0) is 27.2. The van der Waals surface area contributed by atoms with E-state index >= 15 is 0 Å². The number of nitrogens with one attached hydrogen (secondary N) is 1. The number of ether oxygens (including phenoxy) is 2. The minimum absolute atomic E-state index is 0.125. The summed E-state index contributed by atoms with van der Waals surface area (Å²) in [6, 6.07) is 21.8. The summed E-state index contributed by atoms with van der Waals surface area (Å²) in [5, 5.41) is 2.82. The summed E-state index contributed by atoms with van der Waals surface area (Å²) in [6.07, 6.45) is 4.11. The van der Waals surface area contributed by atoms with Gasteiger partial charge in [-0.05, 0) is 77.6 Å². The van der Waals surface area contributed by atoms with Crippen molar-refractivity contribution < 1.29 is 22.7 Å². The molecular weight excluding hydrogens is 500 g/mol. The average molecular weight is 535 g/mol. The van der Waals surface area contributed by atoms with Crippen LogP contribution in [0.4, 0.5) is 5.69 Å². The predicted molar refractivity (Wildman–Crippen MR) is 150 cm³/mol. The number of nitrogens with zero attached hydrogens (tertiary/aromatic N) is 1. The number of morpholine rings is 1. The number of benzene rings is 3. The van der Waals surface area contributed by atoms with Crippen molar-refractivity contribution in [3.8, 4) is 11.5 Å². The summed E-state index contributed by atoms with van der Waals surface area (Å²) >= 11 is 0. The molecule has 0 saturated carbocycles. The van der Waals surface area contributed by atoms with Gasteiger partial charge in [0.1, 0.15) is 11.5 Å². The normalized spacial score (nSPS) is 14.9. The van der Waals surface area contributed by atoms with Crippen LogP contribution < -0.4 is 10.1 Å². The molecule has 1 saturated heterocycles. The van der Waals surface area contributed by atoms with Crippen LogP contribution in [-0.4, -0.2) is 44.9 Å². The molecule has 0 aliphatic carbocycles. The maximum Gasteiger partial charge on any atom is 0.248 e. The molecule has 1 aliphatic heterocycles. The quantitative estimate of drug-likeness (QED) is 0.349. The number of rotatable bonds is 9. The van der Waals surface area contributed by atoms with Crippen molar-refractivity contribution >= 4 is 27.7 Å². The molecule has 3 aromatic rings. The van der Waals surface area contributed by atoms with Crippen molar-refractivity contribution in [1.82, 2.24) is 4.31 Å². The molecule has 200 valence electrons. The first-order chi connectivity index (χ1) is 18.2. The Labute approximate surface area is 225 Å². The van der Waals surface area contributed by atoms with E-state index in [0.29, 0.717) is 37.7 Å². The third kappa shape index (κ3) is 6.89. The van der Waals surface area contributed by atoms with Gasteiger partial charge in [-0.1, -0.05) is 45.0 Å². The summed E-state index contributed by atoms with van der Waals surface area (Å²) in [6.45, 7) is 8.12. The predicted octanol–water partition coefficient (Wildman–Crippen LogP) is 5.84. The van der Waals surface area contributed by atoms with Gasteiger partial charge in [-0.2, -0.15) is 4.31 Å². The lowest BCUT2D eigenvalue weighted by molar-refractivity contribution is -0.111. The zero-order valence-corrected chi connectivity index (χ0v) is 22.8. The van der Waals surface area contributed by atoms with E-state index in [9.17, 15) is 13.2 Å². The van der Waals surface area contributed by atoms with Crippen LogP contribution in [0.2, 0.25) is 0 Å². The second-order valence-electron chi connectivity index (χ2n) is 9.80. The van der Waals surface area contributed by atoms with Crippen molar-refractivity contribution in [3.05, 3.63) is 90.0 Å². The highest BCUT2D eigenvalue weighted by atomic mass is 32.2. The number of sulfonamides is 1. The highest BCUT2D eigenvalue weighted by Gasteiger charge is 2.26. The van der Waals surface area contributed by atoms with Crippen LogP contribution in [0.5, 0.6) is 11.5 Å². The fourth-order valence-corrected chi connectivity index (χ4v) is 5.37. The zero-order valence-electron chi connectivity index (χ0n) is 22.0. The van der Waals surface area contributed by atoms with Gasteiger partial charge in [0.05, 0.1) is 18.1 Å². The van der Waals surface area contributed by atoms with Crippen molar-refractivity contribution in [2.45, 2.75) is 37.5 Å². The lowest BCUT2D eigenvalue weighted by atomic mass is 9.82. The van der Waals surface area contributed by atoms with Crippen molar-refractivity contribution in [2.75, 3.05) is 31.6 Å². The summed E-state index contributed by atoms with van der Waals surface area (Å²) in [4.78, 5) is 12.6. The van der Waals surface area contributed by atoms with Gasteiger partial charge in [0.2, 0.25) is 15.9 Å². The first kappa shape index (κ1) is 27.6. The molecule has 1 N–H and O–H groups in total. The molecule has 0 bridgehead atoms. The van der Waals surface area contributed by atoms with Crippen LogP contribution >= 0.6 is 0 Å². The van der Waals surface area contributed by atoms with Gasteiger partial charge in [0.15, 0.2) is 0 Å². The maximum absolute atomic E-state index is 12.7. The number of amides is 1. The molecule has 0 radical (unpaired) electrons. The molecule has 1 fully saturated rings. The highest BCUT2D eigenvalue weighted by molar-refractivity contribution is 7.89. The largest absolute Gasteiger partial charge is 0.457 e. The molecular formula is C30H34N2O5S. The Bertz CT molecular complexity index is 1360. The molecule has 7 nitrogen and oxygen atoms in total. The monoisotopic (exact) mass is 534 g/mol. The molecule has 1 amide bonds. The van der Waals surface area contributed by atoms with Crippen molar-refractivity contribution in [1.29, 1.82) is 0 Å². The molecule has 3 aromatic carbocycles. The Morgan fingerprint density at radius 3 is 2.11 bits per heavy atom. The fraction of sp³-hybridized carbons (Fsp3) is 0.300. The molecule has 1 heterocycles. The van der Waals surface area contributed by atoms with Gasteiger partial charge in [-0.15, -0.1) is 0 Å². The van der Waals surface area contributed by atoms with Gasteiger partial charge in [-0.25, -0.2) is 8.42 Å². The molecule has 4 rings (SSSR count). The Balaban J connectivity index is 1.31. The lowest BCUT2D eigenvalue weighted by Gasteiger charge is -2.26. The van der Waals surface area contributed by atoms with Crippen LogP contribution in [-0.2, 0) is 25.0 Å².